The molecule has 0 aliphatic carbocycles. The van der Waals surface area contributed by atoms with E-state index in [9.17, 15) is 5.26 Å². The van der Waals surface area contributed by atoms with Crippen LogP contribution in [0.25, 0.3) is 33.4 Å². The van der Waals surface area contributed by atoms with Gasteiger partial charge in [0.1, 0.15) is 17.4 Å². The molecule has 4 heteroatoms. The van der Waals surface area contributed by atoms with Crippen LogP contribution in [0.2, 0.25) is 0 Å². The fourth-order valence-corrected chi connectivity index (χ4v) is 4.33. The van der Waals surface area contributed by atoms with Crippen molar-refractivity contribution in [3.8, 4) is 40.9 Å². The highest BCUT2D eigenvalue weighted by Gasteiger charge is 2.23. The van der Waals surface area contributed by atoms with E-state index < -0.39 is 0 Å². The Morgan fingerprint density at radius 2 is 1.59 bits per heavy atom. The van der Waals surface area contributed by atoms with E-state index in [0.717, 1.165) is 38.9 Å². The van der Waals surface area contributed by atoms with Gasteiger partial charge in [0.15, 0.2) is 0 Å². The summed E-state index contributed by atoms with van der Waals surface area (Å²) in [7, 11) is 0. The van der Waals surface area contributed by atoms with Gasteiger partial charge in [-0.15, -0.1) is 6.42 Å². The molecule has 34 heavy (non-hydrogen) atoms. The largest absolute Gasteiger partial charge is 0.436 e. The number of hydrogen-bond acceptors (Lipinski definition) is 3. The second kappa shape index (κ2) is 8.98. The number of aliphatic imine (C=N–C) groups is 1. The minimum Gasteiger partial charge on any atom is -0.436 e. The lowest BCUT2D eigenvalue weighted by atomic mass is 9.98. The summed E-state index contributed by atoms with van der Waals surface area (Å²) in [6, 6.07) is 30.0. The molecule has 0 atom stereocenters. The number of fused-ring (bicyclic) bond motifs is 1. The Hall–Kier alpha value is -4.80. The van der Waals surface area contributed by atoms with Crippen LogP contribution in [0.5, 0.6) is 0 Å². The highest BCUT2D eigenvalue weighted by Crippen LogP contribution is 2.42. The first-order valence-electron chi connectivity index (χ1n) is 11.0. The normalized spacial score (nSPS) is 11.0. The highest BCUT2D eigenvalue weighted by molar-refractivity contribution is 6.02. The van der Waals surface area contributed by atoms with Gasteiger partial charge >= 0.3 is 0 Å². The van der Waals surface area contributed by atoms with Crippen molar-refractivity contribution in [3.05, 3.63) is 102 Å². The third kappa shape index (κ3) is 3.58. The maximum atomic E-state index is 10.1. The van der Waals surface area contributed by atoms with Gasteiger partial charge in [0.2, 0.25) is 5.88 Å². The second-order valence-corrected chi connectivity index (χ2v) is 7.89. The first-order valence-corrected chi connectivity index (χ1v) is 11.0. The van der Waals surface area contributed by atoms with Crippen LogP contribution >= 0.6 is 0 Å². The van der Waals surface area contributed by atoms with Crippen molar-refractivity contribution in [2.24, 2.45) is 4.99 Å². The number of para-hydroxylation sites is 1. The molecule has 2 heterocycles. The van der Waals surface area contributed by atoms with Gasteiger partial charge in [0, 0.05) is 39.5 Å². The predicted molar refractivity (Wildman–Crippen MR) is 137 cm³/mol. The van der Waals surface area contributed by atoms with E-state index in [0.29, 0.717) is 17.9 Å². The van der Waals surface area contributed by atoms with Crippen LogP contribution in [0.3, 0.4) is 0 Å². The monoisotopic (exact) mass is 439 g/mol. The first kappa shape index (κ1) is 21.1. The van der Waals surface area contributed by atoms with E-state index in [2.05, 4.69) is 27.6 Å². The number of hydrogen-bond donors (Lipinski definition) is 0. The smallest absolute Gasteiger partial charge is 0.238 e. The zero-order valence-corrected chi connectivity index (χ0v) is 18.7. The van der Waals surface area contributed by atoms with Crippen LogP contribution in [-0.2, 0) is 6.54 Å². The summed E-state index contributed by atoms with van der Waals surface area (Å²) in [6.45, 7) is 2.50. The van der Waals surface area contributed by atoms with Crippen molar-refractivity contribution in [2.75, 3.05) is 0 Å². The molecule has 0 fully saturated rings. The van der Waals surface area contributed by atoms with E-state index >= 15 is 0 Å². The first-order chi connectivity index (χ1) is 16.7. The molecule has 0 unspecified atom stereocenters. The van der Waals surface area contributed by atoms with Gasteiger partial charge in [-0.05, 0) is 18.6 Å². The SMILES string of the molecule is C#CCn1c(C)c(C=Nc2oc(-c3ccccc3)c(-c3ccccc3)c2C#N)c2ccccc21. The average Bonchev–Trinajstić information content (AvgIpc) is 3.39. The summed E-state index contributed by atoms with van der Waals surface area (Å²) in [5.41, 5.74) is 5.97. The molecule has 3 aromatic carbocycles. The van der Waals surface area contributed by atoms with Gasteiger partial charge in [0.25, 0.3) is 0 Å². The van der Waals surface area contributed by atoms with Crippen molar-refractivity contribution in [1.29, 1.82) is 5.26 Å². The van der Waals surface area contributed by atoms with E-state index in [1.165, 1.54) is 0 Å². The van der Waals surface area contributed by atoms with Gasteiger partial charge in [-0.1, -0.05) is 84.8 Å². The Bertz CT molecular complexity index is 1590. The third-order valence-electron chi connectivity index (χ3n) is 5.94. The quantitative estimate of drug-likeness (QED) is 0.216. The lowest BCUT2D eigenvalue weighted by Gasteiger charge is -2.03. The van der Waals surface area contributed by atoms with Crippen molar-refractivity contribution < 1.29 is 4.42 Å². The molecule has 4 nitrogen and oxygen atoms in total. The number of rotatable bonds is 5. The summed E-state index contributed by atoms with van der Waals surface area (Å²) in [5, 5.41) is 11.2. The van der Waals surface area contributed by atoms with Gasteiger partial charge in [-0.2, -0.15) is 5.26 Å². The topological polar surface area (TPSA) is 54.2 Å². The molecule has 0 aliphatic heterocycles. The number of benzene rings is 3. The minimum absolute atomic E-state index is 0.286. The van der Waals surface area contributed by atoms with Crippen molar-refractivity contribution in [3.63, 3.8) is 0 Å². The van der Waals surface area contributed by atoms with E-state index in [1.54, 1.807) is 6.21 Å². The van der Waals surface area contributed by atoms with Gasteiger partial charge in [0.05, 0.1) is 6.54 Å². The molecule has 0 saturated carbocycles. The molecular formula is C30H21N3O. The molecule has 0 radical (unpaired) electrons. The fourth-order valence-electron chi connectivity index (χ4n) is 4.33. The van der Waals surface area contributed by atoms with Gasteiger partial charge in [-0.3, -0.25) is 0 Å². The summed E-state index contributed by atoms with van der Waals surface area (Å²) in [5.74, 6) is 3.64. The number of nitrogens with zero attached hydrogens (tertiary/aromatic N) is 3. The molecule has 162 valence electrons. The molecule has 0 bridgehead atoms. The van der Waals surface area contributed by atoms with E-state index in [4.69, 9.17) is 10.8 Å². The van der Waals surface area contributed by atoms with Crippen molar-refractivity contribution in [1.82, 2.24) is 4.57 Å². The van der Waals surface area contributed by atoms with E-state index in [1.807, 2.05) is 85.8 Å². The Labute approximate surface area is 198 Å². The molecule has 0 aliphatic rings. The highest BCUT2D eigenvalue weighted by atomic mass is 16.4. The summed E-state index contributed by atoms with van der Waals surface area (Å²) < 4.78 is 8.34. The number of furan rings is 1. The minimum atomic E-state index is 0.286. The predicted octanol–water partition coefficient (Wildman–Crippen LogP) is 7.13. The maximum absolute atomic E-state index is 10.1. The molecule has 0 amide bonds. The summed E-state index contributed by atoms with van der Waals surface area (Å²) >= 11 is 0. The van der Waals surface area contributed by atoms with Crippen molar-refractivity contribution in [2.45, 2.75) is 13.5 Å². The van der Waals surface area contributed by atoms with Crippen LogP contribution in [0, 0.1) is 30.6 Å². The number of aromatic nitrogens is 1. The molecule has 0 N–H and O–H groups in total. The maximum Gasteiger partial charge on any atom is 0.238 e. The molecular weight excluding hydrogens is 418 g/mol. The second-order valence-electron chi connectivity index (χ2n) is 7.89. The standard InChI is InChI=1S/C30H21N3O/c1-3-18-33-21(2)26(24-16-10-11-17-27(24)33)20-32-30-25(19-31)28(22-12-6-4-7-13-22)29(34-30)23-14-8-5-9-15-23/h1,4-17,20H,18H2,2H3. The number of terminal acetylenes is 1. The average molecular weight is 440 g/mol. The third-order valence-corrected chi connectivity index (χ3v) is 5.94. The Balaban J connectivity index is 1.70. The van der Waals surface area contributed by atoms with Crippen molar-refractivity contribution >= 4 is 23.0 Å². The molecule has 2 aromatic heterocycles. The number of nitriles is 1. The Morgan fingerprint density at radius 3 is 2.26 bits per heavy atom. The van der Waals surface area contributed by atoms with Crippen LogP contribution in [0.15, 0.2) is 94.3 Å². The van der Waals surface area contributed by atoms with Gasteiger partial charge < -0.3 is 8.98 Å². The van der Waals surface area contributed by atoms with Crippen LogP contribution < -0.4 is 0 Å². The zero-order chi connectivity index (χ0) is 23.5. The Kier molecular flexibility index (Phi) is 5.56. The van der Waals surface area contributed by atoms with Crippen LogP contribution in [0.1, 0.15) is 16.8 Å². The van der Waals surface area contributed by atoms with Crippen LogP contribution in [-0.4, -0.2) is 10.8 Å². The summed E-state index contributed by atoms with van der Waals surface area (Å²) in [6.07, 6.45) is 7.38. The van der Waals surface area contributed by atoms with E-state index in [-0.39, 0.29) is 5.88 Å². The zero-order valence-electron chi connectivity index (χ0n) is 18.7. The molecule has 0 spiro atoms. The van der Waals surface area contributed by atoms with Gasteiger partial charge in [-0.25, -0.2) is 4.99 Å². The van der Waals surface area contributed by atoms with Crippen LogP contribution in [0.4, 0.5) is 5.88 Å². The lowest BCUT2D eigenvalue weighted by Crippen LogP contribution is -1.98. The lowest BCUT2D eigenvalue weighted by molar-refractivity contribution is 0.593. The molecule has 5 aromatic rings. The molecule has 0 saturated heterocycles. The fraction of sp³-hybridized carbons (Fsp3) is 0.0667. The summed E-state index contributed by atoms with van der Waals surface area (Å²) in [4.78, 5) is 4.68. The molecule has 5 rings (SSSR count). The Morgan fingerprint density at radius 1 is 0.941 bits per heavy atom.